The quantitative estimate of drug-likeness (QED) is 0.295. The van der Waals surface area contributed by atoms with Gasteiger partial charge in [-0.15, -0.1) is 11.8 Å². The van der Waals surface area contributed by atoms with Crippen LogP contribution in [0.3, 0.4) is 0 Å². The second kappa shape index (κ2) is 11.1. The number of nitrogens with one attached hydrogen (secondary N) is 2. The zero-order chi connectivity index (χ0) is 24.8. The van der Waals surface area contributed by atoms with Crippen molar-refractivity contribution in [1.82, 2.24) is 14.7 Å². The SMILES string of the molecule is CCC(C)C(NC(=O)c1ccn2c(NCC(=O)OC)c(-c3ccc(SC)cc3)nc2c1)C(=O)O. The Kier molecular flexibility index (Phi) is 8.17. The number of hydrogen-bond donors (Lipinski definition) is 3. The fraction of sp³-hybridized carbons (Fsp3) is 0.333. The molecule has 0 saturated carbocycles. The van der Waals surface area contributed by atoms with Crippen LogP contribution in [0.2, 0.25) is 0 Å². The van der Waals surface area contributed by atoms with Gasteiger partial charge < -0.3 is 20.5 Å². The molecule has 10 heteroatoms. The van der Waals surface area contributed by atoms with Crippen molar-refractivity contribution in [3.05, 3.63) is 48.2 Å². The van der Waals surface area contributed by atoms with Gasteiger partial charge in [-0.1, -0.05) is 32.4 Å². The number of aliphatic carboxylic acids is 1. The number of thioether (sulfide) groups is 1. The van der Waals surface area contributed by atoms with E-state index in [4.69, 9.17) is 9.72 Å². The molecule has 2 heterocycles. The largest absolute Gasteiger partial charge is 0.480 e. The van der Waals surface area contributed by atoms with E-state index < -0.39 is 23.9 Å². The highest BCUT2D eigenvalue weighted by molar-refractivity contribution is 7.98. The molecule has 1 aromatic carbocycles. The number of rotatable bonds is 10. The van der Waals surface area contributed by atoms with Crippen molar-refractivity contribution in [2.45, 2.75) is 31.2 Å². The number of benzene rings is 1. The van der Waals surface area contributed by atoms with Crippen molar-refractivity contribution in [3.8, 4) is 11.3 Å². The molecule has 3 rings (SSSR count). The summed E-state index contributed by atoms with van der Waals surface area (Å²) in [5.74, 6) is -1.64. The number of carboxylic acids is 1. The predicted octanol–water partition coefficient (Wildman–Crippen LogP) is 3.54. The zero-order valence-electron chi connectivity index (χ0n) is 19.5. The number of esters is 1. The Morgan fingerprint density at radius 2 is 1.91 bits per heavy atom. The number of amides is 1. The van der Waals surface area contributed by atoms with E-state index in [1.165, 1.54) is 7.11 Å². The lowest BCUT2D eigenvalue weighted by Gasteiger charge is -2.20. The number of nitrogens with zero attached hydrogens (tertiary/aromatic N) is 2. The van der Waals surface area contributed by atoms with Crippen molar-refractivity contribution < 1.29 is 24.2 Å². The highest BCUT2D eigenvalue weighted by Crippen LogP contribution is 2.30. The van der Waals surface area contributed by atoms with Gasteiger partial charge in [0.05, 0.1) is 7.11 Å². The van der Waals surface area contributed by atoms with Gasteiger partial charge in [0.2, 0.25) is 0 Å². The van der Waals surface area contributed by atoms with Gasteiger partial charge in [-0.2, -0.15) is 0 Å². The summed E-state index contributed by atoms with van der Waals surface area (Å²) in [6, 6.07) is 10.0. The lowest BCUT2D eigenvalue weighted by molar-refractivity contribution is -0.140. The molecule has 0 aliphatic carbocycles. The first-order chi connectivity index (χ1) is 16.3. The van der Waals surface area contributed by atoms with Crippen molar-refractivity contribution >= 4 is 41.1 Å². The van der Waals surface area contributed by atoms with Gasteiger partial charge in [0.25, 0.3) is 5.91 Å². The molecule has 3 N–H and O–H groups in total. The fourth-order valence-corrected chi connectivity index (χ4v) is 3.85. The molecule has 0 aliphatic rings. The lowest BCUT2D eigenvalue weighted by atomic mass is 9.99. The molecule has 0 fully saturated rings. The van der Waals surface area contributed by atoms with Crippen LogP contribution in [0.1, 0.15) is 30.6 Å². The molecule has 1 amide bonds. The standard InChI is InChI=1S/C24H28N4O5S/c1-5-14(2)20(24(31)32)27-23(30)16-10-11-28-18(12-16)26-21(22(28)25-13-19(29)33-3)15-6-8-17(34-4)9-7-15/h6-12,14,20,25H,5,13H2,1-4H3,(H,27,30)(H,31,32). The van der Waals surface area contributed by atoms with E-state index in [2.05, 4.69) is 10.6 Å². The molecular weight excluding hydrogens is 456 g/mol. The van der Waals surface area contributed by atoms with Gasteiger partial charge in [-0.3, -0.25) is 14.0 Å². The maximum atomic E-state index is 12.8. The van der Waals surface area contributed by atoms with Crippen molar-refractivity contribution in [3.63, 3.8) is 0 Å². The number of methoxy groups -OCH3 is 1. The molecule has 2 aromatic heterocycles. The fourth-order valence-electron chi connectivity index (χ4n) is 3.44. The number of imidazole rings is 1. The van der Waals surface area contributed by atoms with Crippen LogP contribution in [0, 0.1) is 5.92 Å². The van der Waals surface area contributed by atoms with Crippen LogP contribution in [-0.4, -0.2) is 58.3 Å². The van der Waals surface area contributed by atoms with Crippen LogP contribution >= 0.6 is 11.8 Å². The summed E-state index contributed by atoms with van der Waals surface area (Å²) >= 11 is 1.63. The monoisotopic (exact) mass is 484 g/mol. The van der Waals surface area contributed by atoms with E-state index in [0.717, 1.165) is 10.5 Å². The van der Waals surface area contributed by atoms with Gasteiger partial charge in [0, 0.05) is 22.2 Å². The molecular formula is C24H28N4O5S. The number of pyridine rings is 1. The maximum Gasteiger partial charge on any atom is 0.326 e. The minimum atomic E-state index is -1.07. The van der Waals surface area contributed by atoms with E-state index in [0.29, 0.717) is 23.6 Å². The number of hydrogen-bond acceptors (Lipinski definition) is 7. The summed E-state index contributed by atoms with van der Waals surface area (Å²) in [6.07, 6.45) is 4.27. The van der Waals surface area contributed by atoms with Crippen LogP contribution in [0.5, 0.6) is 0 Å². The number of carbonyl (C=O) groups excluding carboxylic acids is 2. The van der Waals surface area contributed by atoms with E-state index in [1.54, 1.807) is 41.4 Å². The van der Waals surface area contributed by atoms with Gasteiger partial charge >= 0.3 is 11.9 Å². The molecule has 0 saturated heterocycles. The second-order valence-electron chi connectivity index (χ2n) is 7.79. The highest BCUT2D eigenvalue weighted by atomic mass is 32.2. The first-order valence-electron chi connectivity index (χ1n) is 10.8. The van der Waals surface area contributed by atoms with Crippen LogP contribution in [-0.2, 0) is 14.3 Å². The van der Waals surface area contributed by atoms with Crippen LogP contribution < -0.4 is 10.6 Å². The zero-order valence-corrected chi connectivity index (χ0v) is 20.3. The van der Waals surface area contributed by atoms with Gasteiger partial charge in [0.1, 0.15) is 29.7 Å². The van der Waals surface area contributed by atoms with Crippen molar-refractivity contribution in [2.24, 2.45) is 5.92 Å². The van der Waals surface area contributed by atoms with E-state index in [1.807, 2.05) is 37.4 Å². The average Bonchev–Trinajstić information content (AvgIpc) is 3.22. The Balaban J connectivity index is 2.00. The third-order valence-corrected chi connectivity index (χ3v) is 6.39. The van der Waals surface area contributed by atoms with Gasteiger partial charge in [-0.05, 0) is 36.4 Å². The van der Waals surface area contributed by atoms with Crippen LogP contribution in [0.15, 0.2) is 47.5 Å². The highest BCUT2D eigenvalue weighted by Gasteiger charge is 2.26. The average molecular weight is 485 g/mol. The number of ether oxygens (including phenoxy) is 1. The molecule has 2 unspecified atom stereocenters. The van der Waals surface area contributed by atoms with Gasteiger partial charge in [-0.25, -0.2) is 9.78 Å². The number of fused-ring (bicyclic) bond motifs is 1. The number of carbonyl (C=O) groups is 3. The molecule has 0 aliphatic heterocycles. The van der Waals surface area contributed by atoms with Crippen LogP contribution in [0.25, 0.3) is 16.9 Å². The summed E-state index contributed by atoms with van der Waals surface area (Å²) < 4.78 is 6.47. The second-order valence-corrected chi connectivity index (χ2v) is 8.67. The molecule has 180 valence electrons. The summed E-state index contributed by atoms with van der Waals surface area (Å²) in [6.45, 7) is 3.60. The molecule has 0 bridgehead atoms. The summed E-state index contributed by atoms with van der Waals surface area (Å²) in [5.41, 5.74) is 2.20. The Hall–Kier alpha value is -3.53. The first kappa shape index (κ1) is 25.1. The summed E-state index contributed by atoms with van der Waals surface area (Å²) in [4.78, 5) is 42.0. The third kappa shape index (κ3) is 5.51. The van der Waals surface area contributed by atoms with Crippen molar-refractivity contribution in [1.29, 1.82) is 0 Å². The molecule has 0 radical (unpaired) electrons. The minimum absolute atomic E-state index is 0.0579. The maximum absolute atomic E-state index is 12.8. The molecule has 2 atom stereocenters. The smallest absolute Gasteiger partial charge is 0.326 e. The van der Waals surface area contributed by atoms with E-state index >= 15 is 0 Å². The molecule has 9 nitrogen and oxygen atoms in total. The van der Waals surface area contributed by atoms with Crippen molar-refractivity contribution in [2.75, 3.05) is 25.2 Å². The number of carboxylic acid groups (broad SMARTS) is 1. The van der Waals surface area contributed by atoms with E-state index in [9.17, 15) is 19.5 Å². The van der Waals surface area contributed by atoms with E-state index in [-0.39, 0.29) is 18.0 Å². The number of aromatic nitrogens is 2. The predicted molar refractivity (Wildman–Crippen MR) is 131 cm³/mol. The Morgan fingerprint density at radius 1 is 1.21 bits per heavy atom. The Labute approximate surface area is 201 Å². The first-order valence-corrected chi connectivity index (χ1v) is 12.0. The Bertz CT molecular complexity index is 1190. The summed E-state index contributed by atoms with van der Waals surface area (Å²) in [7, 11) is 1.31. The number of anilines is 1. The third-order valence-electron chi connectivity index (χ3n) is 5.65. The minimum Gasteiger partial charge on any atom is -0.480 e. The van der Waals surface area contributed by atoms with Gasteiger partial charge in [0.15, 0.2) is 0 Å². The molecule has 3 aromatic rings. The Morgan fingerprint density at radius 3 is 2.50 bits per heavy atom. The van der Waals surface area contributed by atoms with Crippen LogP contribution in [0.4, 0.5) is 5.82 Å². The molecule has 0 spiro atoms. The molecule has 34 heavy (non-hydrogen) atoms. The normalized spacial score (nSPS) is 12.7. The topological polar surface area (TPSA) is 122 Å². The lowest BCUT2D eigenvalue weighted by Crippen LogP contribution is -2.45. The summed E-state index contributed by atoms with van der Waals surface area (Å²) in [5, 5.41) is 15.2.